The molecular formula is C10H8F2O2. The van der Waals surface area contributed by atoms with Gasteiger partial charge >= 0.3 is 0 Å². The van der Waals surface area contributed by atoms with Crippen LogP contribution in [0.5, 0.6) is 5.75 Å². The Morgan fingerprint density at radius 3 is 2.64 bits per heavy atom. The molecule has 1 aliphatic rings. The highest BCUT2D eigenvalue weighted by atomic mass is 19.2. The Balaban J connectivity index is 2.09. The quantitative estimate of drug-likeness (QED) is 0.727. The number of halogens is 2. The minimum atomic E-state index is -0.994. The van der Waals surface area contributed by atoms with Crippen LogP contribution < -0.4 is 4.74 Å². The van der Waals surface area contributed by atoms with Gasteiger partial charge in [0.1, 0.15) is 11.9 Å². The SMILES string of the molecule is O=C1CC(Oc2cccc(F)c2F)C1. The van der Waals surface area contributed by atoms with E-state index in [2.05, 4.69) is 0 Å². The van der Waals surface area contributed by atoms with Gasteiger partial charge in [-0.3, -0.25) is 4.79 Å². The van der Waals surface area contributed by atoms with Gasteiger partial charge in [0.2, 0.25) is 5.82 Å². The van der Waals surface area contributed by atoms with E-state index in [1.807, 2.05) is 0 Å². The molecule has 0 N–H and O–H groups in total. The highest BCUT2D eigenvalue weighted by Crippen LogP contribution is 2.25. The summed E-state index contributed by atoms with van der Waals surface area (Å²) in [5.74, 6) is -1.96. The molecule has 0 spiro atoms. The second-order valence-corrected chi connectivity index (χ2v) is 3.24. The summed E-state index contributed by atoms with van der Waals surface area (Å²) >= 11 is 0. The predicted octanol–water partition coefficient (Wildman–Crippen LogP) is 2.08. The van der Waals surface area contributed by atoms with Gasteiger partial charge in [-0.05, 0) is 12.1 Å². The Morgan fingerprint density at radius 1 is 1.29 bits per heavy atom. The summed E-state index contributed by atoms with van der Waals surface area (Å²) in [6.07, 6.45) is 0.283. The van der Waals surface area contributed by atoms with Gasteiger partial charge in [-0.15, -0.1) is 0 Å². The van der Waals surface area contributed by atoms with Crippen LogP contribution in [0.25, 0.3) is 0 Å². The molecule has 0 unspecified atom stereocenters. The van der Waals surface area contributed by atoms with Crippen LogP contribution in [0.2, 0.25) is 0 Å². The van der Waals surface area contributed by atoms with E-state index in [1.165, 1.54) is 12.1 Å². The lowest BCUT2D eigenvalue weighted by atomic mass is 9.94. The molecule has 1 aromatic carbocycles. The van der Waals surface area contributed by atoms with Crippen LogP contribution in [0.4, 0.5) is 8.78 Å². The molecule has 0 aliphatic heterocycles. The molecule has 0 aromatic heterocycles. The lowest BCUT2D eigenvalue weighted by Gasteiger charge is -2.25. The van der Waals surface area contributed by atoms with E-state index < -0.39 is 11.6 Å². The lowest BCUT2D eigenvalue weighted by Crippen LogP contribution is -2.34. The lowest BCUT2D eigenvalue weighted by molar-refractivity contribution is -0.129. The Labute approximate surface area is 79.5 Å². The second-order valence-electron chi connectivity index (χ2n) is 3.24. The Morgan fingerprint density at radius 2 is 2.00 bits per heavy atom. The number of ketones is 1. The maximum absolute atomic E-state index is 13.0. The number of rotatable bonds is 2. The first-order valence-electron chi connectivity index (χ1n) is 4.29. The monoisotopic (exact) mass is 198 g/mol. The van der Waals surface area contributed by atoms with Crippen molar-refractivity contribution in [3.05, 3.63) is 29.8 Å². The van der Waals surface area contributed by atoms with Crippen molar-refractivity contribution < 1.29 is 18.3 Å². The molecule has 1 aliphatic carbocycles. The van der Waals surface area contributed by atoms with Crippen LogP contribution in [-0.2, 0) is 4.79 Å². The van der Waals surface area contributed by atoms with E-state index in [1.54, 1.807) is 0 Å². The number of hydrogen-bond acceptors (Lipinski definition) is 2. The Kier molecular flexibility index (Phi) is 2.19. The number of benzene rings is 1. The third-order valence-electron chi connectivity index (χ3n) is 2.12. The molecule has 1 aromatic rings. The minimum absolute atomic E-state index is 0.0896. The first-order chi connectivity index (χ1) is 6.66. The molecular weight excluding hydrogens is 190 g/mol. The Hall–Kier alpha value is -1.45. The molecule has 2 rings (SSSR count). The van der Waals surface area contributed by atoms with Crippen molar-refractivity contribution in [1.82, 2.24) is 0 Å². The molecule has 0 amide bonds. The highest BCUT2D eigenvalue weighted by molar-refractivity contribution is 5.85. The number of ether oxygens (including phenoxy) is 1. The van der Waals surface area contributed by atoms with Crippen LogP contribution in [0.3, 0.4) is 0 Å². The standard InChI is InChI=1S/C10H8F2O2/c11-8-2-1-3-9(10(8)12)14-7-4-6(13)5-7/h1-3,7H,4-5H2. The van der Waals surface area contributed by atoms with E-state index in [0.717, 1.165) is 6.07 Å². The topological polar surface area (TPSA) is 26.3 Å². The van der Waals surface area contributed by atoms with Gasteiger partial charge in [-0.1, -0.05) is 6.07 Å². The van der Waals surface area contributed by atoms with Crippen molar-refractivity contribution in [3.63, 3.8) is 0 Å². The maximum Gasteiger partial charge on any atom is 0.200 e. The summed E-state index contributed by atoms with van der Waals surface area (Å²) in [6.45, 7) is 0. The van der Waals surface area contributed by atoms with Crippen molar-refractivity contribution in [2.75, 3.05) is 0 Å². The maximum atomic E-state index is 13.0. The summed E-state index contributed by atoms with van der Waals surface area (Å²) in [5.41, 5.74) is 0. The van der Waals surface area contributed by atoms with Crippen molar-refractivity contribution in [2.45, 2.75) is 18.9 Å². The molecule has 0 atom stereocenters. The molecule has 1 fully saturated rings. The normalized spacial score (nSPS) is 16.6. The van der Waals surface area contributed by atoms with E-state index >= 15 is 0 Å². The zero-order valence-electron chi connectivity index (χ0n) is 7.30. The zero-order chi connectivity index (χ0) is 10.1. The van der Waals surface area contributed by atoms with Crippen LogP contribution >= 0.6 is 0 Å². The van der Waals surface area contributed by atoms with Crippen molar-refractivity contribution >= 4 is 5.78 Å². The van der Waals surface area contributed by atoms with E-state index in [9.17, 15) is 13.6 Å². The van der Waals surface area contributed by atoms with Crippen LogP contribution in [0.15, 0.2) is 18.2 Å². The van der Waals surface area contributed by atoms with Crippen molar-refractivity contribution in [1.29, 1.82) is 0 Å². The molecule has 74 valence electrons. The average molecular weight is 198 g/mol. The smallest absolute Gasteiger partial charge is 0.200 e. The fraction of sp³-hybridized carbons (Fsp3) is 0.300. The predicted molar refractivity (Wildman–Crippen MR) is 45.0 cm³/mol. The summed E-state index contributed by atoms with van der Waals surface area (Å²) in [5, 5.41) is 0. The van der Waals surface area contributed by atoms with E-state index in [4.69, 9.17) is 4.74 Å². The van der Waals surface area contributed by atoms with Crippen LogP contribution in [0, 0.1) is 11.6 Å². The molecule has 1 saturated carbocycles. The van der Waals surface area contributed by atoms with Gasteiger partial charge in [-0.25, -0.2) is 4.39 Å². The summed E-state index contributed by atoms with van der Waals surface area (Å²) < 4.78 is 30.8. The molecule has 0 radical (unpaired) electrons. The van der Waals surface area contributed by atoms with Gasteiger partial charge < -0.3 is 4.74 Å². The van der Waals surface area contributed by atoms with E-state index in [-0.39, 0.29) is 30.5 Å². The molecule has 0 heterocycles. The summed E-state index contributed by atoms with van der Waals surface area (Å²) in [7, 11) is 0. The molecule has 14 heavy (non-hydrogen) atoms. The number of hydrogen-bond donors (Lipinski definition) is 0. The summed E-state index contributed by atoms with van der Waals surface area (Å²) in [6, 6.07) is 3.74. The molecule has 0 bridgehead atoms. The van der Waals surface area contributed by atoms with Gasteiger partial charge in [0.25, 0.3) is 0 Å². The largest absolute Gasteiger partial charge is 0.486 e. The number of carbonyl (C=O) groups is 1. The van der Waals surface area contributed by atoms with Crippen LogP contribution in [0.1, 0.15) is 12.8 Å². The average Bonchev–Trinajstić information content (AvgIpc) is 2.10. The number of Topliss-reactive ketones (excluding diaryl/α,β-unsaturated/α-hetero) is 1. The number of carbonyl (C=O) groups excluding carboxylic acids is 1. The zero-order valence-corrected chi connectivity index (χ0v) is 7.30. The Bertz CT molecular complexity index is 368. The summed E-state index contributed by atoms with van der Waals surface area (Å²) in [4.78, 5) is 10.6. The molecule has 4 heteroatoms. The van der Waals surface area contributed by atoms with Gasteiger partial charge in [-0.2, -0.15) is 4.39 Å². The minimum Gasteiger partial charge on any atom is -0.486 e. The fourth-order valence-corrected chi connectivity index (χ4v) is 1.29. The van der Waals surface area contributed by atoms with Gasteiger partial charge in [0.05, 0.1) is 0 Å². The highest BCUT2D eigenvalue weighted by Gasteiger charge is 2.29. The van der Waals surface area contributed by atoms with Crippen molar-refractivity contribution in [3.8, 4) is 5.75 Å². The second kappa shape index (κ2) is 3.36. The van der Waals surface area contributed by atoms with E-state index in [0.29, 0.717) is 0 Å². The van der Waals surface area contributed by atoms with Crippen molar-refractivity contribution in [2.24, 2.45) is 0 Å². The fourth-order valence-electron chi connectivity index (χ4n) is 1.29. The molecule has 2 nitrogen and oxygen atoms in total. The first kappa shape index (κ1) is 9.12. The third kappa shape index (κ3) is 1.60. The van der Waals surface area contributed by atoms with Gasteiger partial charge in [0.15, 0.2) is 11.6 Å². The first-order valence-corrected chi connectivity index (χ1v) is 4.29. The third-order valence-corrected chi connectivity index (χ3v) is 2.12. The van der Waals surface area contributed by atoms with Crippen LogP contribution in [-0.4, -0.2) is 11.9 Å². The van der Waals surface area contributed by atoms with Gasteiger partial charge in [0, 0.05) is 12.8 Å². The molecule has 0 saturated heterocycles.